The fourth-order valence-electron chi connectivity index (χ4n) is 3.89. The first kappa shape index (κ1) is 22.0. The Labute approximate surface area is 189 Å². The molecule has 0 bridgehead atoms. The van der Waals surface area contributed by atoms with Gasteiger partial charge in [-0.3, -0.25) is 9.59 Å². The highest BCUT2D eigenvalue weighted by Gasteiger charge is 2.26. The van der Waals surface area contributed by atoms with Gasteiger partial charge in [0.15, 0.2) is 17.3 Å². The highest BCUT2D eigenvalue weighted by Crippen LogP contribution is 2.37. The topological polar surface area (TPSA) is 125 Å². The van der Waals surface area contributed by atoms with Crippen molar-refractivity contribution in [2.45, 2.75) is 25.8 Å². The van der Waals surface area contributed by atoms with Gasteiger partial charge in [-0.15, -0.1) is 0 Å². The lowest BCUT2D eigenvalue weighted by Gasteiger charge is -2.19. The molecule has 8 heteroatoms. The van der Waals surface area contributed by atoms with Gasteiger partial charge in [-0.05, 0) is 42.3 Å². The number of ether oxygens (including phenoxy) is 1. The second-order valence-electron chi connectivity index (χ2n) is 7.75. The molecule has 8 nitrogen and oxygen atoms in total. The lowest BCUT2D eigenvalue weighted by molar-refractivity contribution is -0.121. The van der Waals surface area contributed by atoms with Gasteiger partial charge in [0.1, 0.15) is 5.76 Å². The number of aromatic nitrogens is 1. The van der Waals surface area contributed by atoms with Crippen LogP contribution < -0.4 is 15.5 Å². The number of phenolic OH excluding ortho intramolecular Hbond substituents is 1. The summed E-state index contributed by atoms with van der Waals surface area (Å²) in [4.78, 5) is 28.3. The first-order valence-electron chi connectivity index (χ1n) is 10.4. The third kappa shape index (κ3) is 4.55. The summed E-state index contributed by atoms with van der Waals surface area (Å²) in [5.41, 5.74) is 1.87. The summed E-state index contributed by atoms with van der Waals surface area (Å²) < 4.78 is 10.9. The first-order valence-corrected chi connectivity index (χ1v) is 10.4. The van der Waals surface area contributed by atoms with Crippen molar-refractivity contribution >= 4 is 16.8 Å². The number of fused-ring (bicyclic) bond motifs is 1. The minimum absolute atomic E-state index is 0.0179. The van der Waals surface area contributed by atoms with Gasteiger partial charge in [0.25, 0.3) is 0 Å². The highest BCUT2D eigenvalue weighted by molar-refractivity contribution is 5.84. The van der Waals surface area contributed by atoms with Crippen molar-refractivity contribution in [3.05, 3.63) is 87.6 Å². The average molecular weight is 448 g/mol. The van der Waals surface area contributed by atoms with Crippen LogP contribution in [0.2, 0.25) is 0 Å². The van der Waals surface area contributed by atoms with Crippen LogP contribution in [-0.2, 0) is 11.3 Å². The largest absolute Gasteiger partial charge is 0.504 e. The zero-order chi connectivity index (χ0) is 23.5. The lowest BCUT2D eigenvalue weighted by Crippen LogP contribution is -2.25. The van der Waals surface area contributed by atoms with E-state index in [1.165, 1.54) is 19.2 Å². The van der Waals surface area contributed by atoms with Gasteiger partial charge in [0, 0.05) is 36.1 Å². The number of aromatic amines is 1. The Hall–Kier alpha value is -4.20. The maximum absolute atomic E-state index is 12.9. The maximum atomic E-state index is 12.9. The van der Waals surface area contributed by atoms with Gasteiger partial charge in [-0.1, -0.05) is 18.2 Å². The van der Waals surface area contributed by atoms with Crippen LogP contribution in [-0.4, -0.2) is 28.2 Å². The Bertz CT molecular complexity index is 1370. The summed E-state index contributed by atoms with van der Waals surface area (Å²) in [6.45, 7) is 1.90. The van der Waals surface area contributed by atoms with Crippen LogP contribution in [0.15, 0.2) is 63.9 Å². The number of aromatic hydroxyl groups is 2. The van der Waals surface area contributed by atoms with Crippen molar-refractivity contribution in [3.8, 4) is 17.2 Å². The minimum atomic E-state index is -0.782. The number of carbonyl (C=O) groups excluding carboxylic acids is 1. The van der Waals surface area contributed by atoms with Crippen LogP contribution in [0.4, 0.5) is 0 Å². The molecule has 2 aromatic heterocycles. The third-order valence-electron chi connectivity index (χ3n) is 5.55. The molecule has 0 aliphatic heterocycles. The molecule has 0 fully saturated rings. The molecule has 33 heavy (non-hydrogen) atoms. The minimum Gasteiger partial charge on any atom is -0.504 e. The quantitative estimate of drug-likeness (QED) is 0.342. The van der Waals surface area contributed by atoms with E-state index in [9.17, 15) is 19.8 Å². The smallest absolute Gasteiger partial charge is 0.227 e. The van der Waals surface area contributed by atoms with E-state index in [2.05, 4.69) is 10.3 Å². The van der Waals surface area contributed by atoms with Gasteiger partial charge in [0.05, 0.1) is 13.0 Å². The Balaban J connectivity index is 1.64. The zero-order valence-corrected chi connectivity index (χ0v) is 18.2. The predicted octanol–water partition coefficient (Wildman–Crippen LogP) is 3.69. The molecule has 0 aliphatic carbocycles. The van der Waals surface area contributed by atoms with Gasteiger partial charge in [-0.2, -0.15) is 0 Å². The third-order valence-corrected chi connectivity index (χ3v) is 5.55. The number of amides is 1. The van der Waals surface area contributed by atoms with Crippen LogP contribution in [0.1, 0.15) is 35.0 Å². The Morgan fingerprint density at radius 3 is 2.79 bits per heavy atom. The van der Waals surface area contributed by atoms with Crippen molar-refractivity contribution < 1.29 is 24.2 Å². The molecule has 2 aromatic carbocycles. The van der Waals surface area contributed by atoms with Crippen molar-refractivity contribution in [3.63, 3.8) is 0 Å². The fourth-order valence-corrected chi connectivity index (χ4v) is 3.89. The van der Waals surface area contributed by atoms with Gasteiger partial charge in [0.2, 0.25) is 17.1 Å². The molecule has 2 heterocycles. The van der Waals surface area contributed by atoms with E-state index >= 15 is 0 Å². The van der Waals surface area contributed by atoms with Crippen molar-refractivity contribution in [2.24, 2.45) is 0 Å². The number of rotatable bonds is 7. The van der Waals surface area contributed by atoms with E-state index in [1.807, 2.05) is 30.5 Å². The molecule has 0 radical (unpaired) electrons. The standard InChI is InChI=1S/C25H24N2O6/c1-14-10-21(29)24(31)25(33-14)18(15-6-7-20(28)22(11-15)32-2)12-23(30)27-13-16-4-3-5-19-17(16)8-9-26-19/h3-11,18,26,28,31H,12-13H2,1-2H3,(H,27,30)/t18-/m0/s1. The molecule has 0 aliphatic rings. The molecule has 0 unspecified atom stereocenters. The molecular weight excluding hydrogens is 424 g/mol. The Morgan fingerprint density at radius 2 is 2.00 bits per heavy atom. The van der Waals surface area contributed by atoms with E-state index in [-0.39, 0.29) is 29.6 Å². The van der Waals surface area contributed by atoms with Gasteiger partial charge in [-0.25, -0.2) is 0 Å². The van der Waals surface area contributed by atoms with Crippen molar-refractivity contribution in [1.29, 1.82) is 0 Å². The average Bonchev–Trinajstić information content (AvgIpc) is 3.28. The molecule has 1 amide bonds. The van der Waals surface area contributed by atoms with Gasteiger partial charge < -0.3 is 29.7 Å². The summed E-state index contributed by atoms with van der Waals surface area (Å²) >= 11 is 0. The predicted molar refractivity (Wildman–Crippen MR) is 123 cm³/mol. The number of nitrogens with one attached hydrogen (secondary N) is 2. The van der Waals surface area contributed by atoms with E-state index in [1.54, 1.807) is 19.1 Å². The number of aryl methyl sites for hydroxylation is 1. The molecule has 4 aromatic rings. The molecular formula is C25H24N2O6. The van der Waals surface area contributed by atoms with E-state index in [0.29, 0.717) is 17.9 Å². The number of methoxy groups -OCH3 is 1. The summed E-state index contributed by atoms with van der Waals surface area (Å²) in [5.74, 6) is -1.22. The monoisotopic (exact) mass is 448 g/mol. The molecule has 0 saturated heterocycles. The van der Waals surface area contributed by atoms with Crippen LogP contribution in [0.3, 0.4) is 0 Å². The number of H-pyrrole nitrogens is 1. The van der Waals surface area contributed by atoms with E-state index in [0.717, 1.165) is 16.5 Å². The number of hydrogen-bond acceptors (Lipinski definition) is 6. The molecule has 4 rings (SSSR count). The fraction of sp³-hybridized carbons (Fsp3) is 0.200. The molecule has 170 valence electrons. The number of benzene rings is 2. The van der Waals surface area contributed by atoms with Crippen LogP contribution >= 0.6 is 0 Å². The zero-order valence-electron chi connectivity index (χ0n) is 18.2. The summed E-state index contributed by atoms with van der Waals surface area (Å²) in [5, 5.41) is 24.3. The van der Waals surface area contributed by atoms with Crippen LogP contribution in [0, 0.1) is 6.92 Å². The Morgan fingerprint density at radius 1 is 1.18 bits per heavy atom. The number of hydrogen-bond donors (Lipinski definition) is 4. The van der Waals surface area contributed by atoms with Crippen molar-refractivity contribution in [1.82, 2.24) is 10.3 Å². The molecule has 1 atom stereocenters. The second kappa shape index (κ2) is 9.12. The molecule has 4 N–H and O–H groups in total. The first-order chi connectivity index (χ1) is 15.9. The maximum Gasteiger partial charge on any atom is 0.227 e. The Kier molecular flexibility index (Phi) is 6.08. The lowest BCUT2D eigenvalue weighted by atomic mass is 9.91. The van der Waals surface area contributed by atoms with Crippen LogP contribution in [0.25, 0.3) is 10.9 Å². The number of carbonyl (C=O) groups is 1. The summed E-state index contributed by atoms with van der Waals surface area (Å²) in [7, 11) is 1.41. The normalized spacial score (nSPS) is 11.9. The highest BCUT2D eigenvalue weighted by atomic mass is 16.5. The summed E-state index contributed by atoms with van der Waals surface area (Å²) in [6.07, 6.45) is 1.74. The SMILES string of the molecule is COc1cc([C@H](CC(=O)NCc2cccc3[nH]ccc23)c2oc(C)cc(=O)c2O)ccc1O. The van der Waals surface area contributed by atoms with Crippen molar-refractivity contribution in [2.75, 3.05) is 7.11 Å². The second-order valence-corrected chi connectivity index (χ2v) is 7.75. The van der Waals surface area contributed by atoms with E-state index < -0.39 is 17.1 Å². The molecule has 0 spiro atoms. The van der Waals surface area contributed by atoms with E-state index in [4.69, 9.17) is 9.15 Å². The number of phenols is 1. The summed E-state index contributed by atoms with van der Waals surface area (Å²) in [6, 6.07) is 13.5. The van der Waals surface area contributed by atoms with Crippen LogP contribution in [0.5, 0.6) is 17.2 Å². The molecule has 0 saturated carbocycles. The van der Waals surface area contributed by atoms with Gasteiger partial charge >= 0.3 is 0 Å².